The van der Waals surface area contributed by atoms with Crippen LogP contribution in [0, 0.1) is 0 Å². The number of hydrogen-bond acceptors (Lipinski definition) is 2. The smallest absolute Gasteiger partial charge is 0.261 e. The first kappa shape index (κ1) is 19.5. The monoisotopic (exact) mass is 387 g/mol. The van der Waals surface area contributed by atoms with Gasteiger partial charge in [0.05, 0.1) is 6.04 Å². The number of fused-ring (bicyclic) bond motifs is 2. The third-order valence-electron chi connectivity index (χ3n) is 5.91. The van der Waals surface area contributed by atoms with E-state index in [0.29, 0.717) is 6.42 Å². The summed E-state index contributed by atoms with van der Waals surface area (Å²) in [5.74, 6) is 0.692. The molecule has 0 aliphatic heterocycles. The number of nitrogens with one attached hydrogen (secondary N) is 1. The van der Waals surface area contributed by atoms with E-state index in [9.17, 15) is 4.79 Å². The Labute approximate surface area is 173 Å². The Balaban J connectivity index is 1.47. The van der Waals surface area contributed by atoms with Gasteiger partial charge < -0.3 is 10.1 Å². The maximum absolute atomic E-state index is 13.0. The van der Waals surface area contributed by atoms with E-state index in [4.69, 9.17) is 4.74 Å². The Bertz CT molecular complexity index is 1010. The van der Waals surface area contributed by atoms with Crippen molar-refractivity contribution >= 4 is 16.7 Å². The van der Waals surface area contributed by atoms with Crippen molar-refractivity contribution in [3.8, 4) is 5.75 Å². The van der Waals surface area contributed by atoms with Crippen molar-refractivity contribution in [1.82, 2.24) is 5.32 Å². The van der Waals surface area contributed by atoms with Gasteiger partial charge in [-0.3, -0.25) is 4.79 Å². The molecule has 0 fully saturated rings. The second-order valence-corrected chi connectivity index (χ2v) is 7.96. The van der Waals surface area contributed by atoms with Crippen molar-refractivity contribution in [2.75, 3.05) is 0 Å². The molecule has 0 spiro atoms. The summed E-state index contributed by atoms with van der Waals surface area (Å²) in [5, 5.41) is 5.30. The highest BCUT2D eigenvalue weighted by atomic mass is 16.5. The van der Waals surface area contributed by atoms with Crippen molar-refractivity contribution in [2.45, 2.75) is 58.1 Å². The Morgan fingerprint density at radius 3 is 2.59 bits per heavy atom. The van der Waals surface area contributed by atoms with Crippen LogP contribution in [-0.2, 0) is 17.6 Å². The molecule has 2 atom stereocenters. The average molecular weight is 388 g/mol. The molecule has 4 rings (SSSR count). The van der Waals surface area contributed by atoms with E-state index in [-0.39, 0.29) is 11.9 Å². The molecule has 29 heavy (non-hydrogen) atoms. The fourth-order valence-electron chi connectivity index (χ4n) is 4.19. The molecule has 1 aliphatic rings. The molecule has 0 heterocycles. The van der Waals surface area contributed by atoms with E-state index in [1.54, 1.807) is 0 Å². The van der Waals surface area contributed by atoms with Gasteiger partial charge >= 0.3 is 0 Å². The van der Waals surface area contributed by atoms with Crippen LogP contribution in [0.2, 0.25) is 0 Å². The van der Waals surface area contributed by atoms with Gasteiger partial charge in [-0.2, -0.15) is 0 Å². The minimum Gasteiger partial charge on any atom is -0.480 e. The Hall–Kier alpha value is -2.81. The van der Waals surface area contributed by atoms with E-state index in [0.717, 1.165) is 22.9 Å². The highest BCUT2D eigenvalue weighted by molar-refractivity contribution is 5.89. The molecule has 0 bridgehead atoms. The second-order valence-electron chi connectivity index (χ2n) is 7.96. The normalized spacial score (nSPS) is 15.4. The molecular weight excluding hydrogens is 358 g/mol. The molecule has 150 valence electrons. The number of rotatable bonds is 6. The number of aryl methyl sites for hydroxylation is 2. The summed E-state index contributed by atoms with van der Waals surface area (Å²) in [6.07, 6.45) is 4.96. The lowest BCUT2D eigenvalue weighted by Gasteiger charge is -2.23. The van der Waals surface area contributed by atoms with Crippen LogP contribution < -0.4 is 10.1 Å². The number of carbonyl (C=O) groups excluding carboxylic acids is 1. The maximum Gasteiger partial charge on any atom is 0.261 e. The molecule has 1 aliphatic carbocycles. The van der Waals surface area contributed by atoms with Gasteiger partial charge in [0.25, 0.3) is 5.91 Å². The van der Waals surface area contributed by atoms with Gasteiger partial charge in [-0.25, -0.2) is 0 Å². The molecule has 0 aromatic heterocycles. The zero-order chi connectivity index (χ0) is 20.2. The predicted molar refractivity (Wildman–Crippen MR) is 118 cm³/mol. The number of ether oxygens (including phenoxy) is 1. The fraction of sp³-hybridized carbons (Fsp3) is 0.346. The lowest BCUT2D eigenvalue weighted by atomic mass is 9.89. The first-order valence-electron chi connectivity index (χ1n) is 10.7. The van der Waals surface area contributed by atoms with Crippen LogP contribution in [0.3, 0.4) is 0 Å². The maximum atomic E-state index is 13.0. The Morgan fingerprint density at radius 1 is 1.00 bits per heavy atom. The number of hydrogen-bond donors (Lipinski definition) is 1. The summed E-state index contributed by atoms with van der Waals surface area (Å²) < 4.78 is 6.15. The fourth-order valence-corrected chi connectivity index (χ4v) is 4.19. The molecule has 0 saturated carbocycles. The summed E-state index contributed by atoms with van der Waals surface area (Å²) >= 11 is 0. The third-order valence-corrected chi connectivity index (χ3v) is 5.91. The summed E-state index contributed by atoms with van der Waals surface area (Å²) in [6.45, 7) is 4.03. The number of benzene rings is 3. The van der Waals surface area contributed by atoms with Gasteiger partial charge in [0, 0.05) is 5.39 Å². The Kier molecular flexibility index (Phi) is 5.84. The zero-order valence-corrected chi connectivity index (χ0v) is 17.3. The van der Waals surface area contributed by atoms with Gasteiger partial charge in [0.2, 0.25) is 0 Å². The SMILES string of the molecule is CC[C@@H](Oc1cccc2ccccc12)C(=O)N[C@H](C)c1ccc2c(c1)CCCC2. The first-order chi connectivity index (χ1) is 14.2. The van der Waals surface area contributed by atoms with Crippen molar-refractivity contribution < 1.29 is 9.53 Å². The zero-order valence-electron chi connectivity index (χ0n) is 17.3. The van der Waals surface area contributed by atoms with Crippen molar-refractivity contribution in [3.05, 3.63) is 77.4 Å². The van der Waals surface area contributed by atoms with E-state index in [1.807, 2.05) is 44.2 Å². The quantitative estimate of drug-likeness (QED) is 0.584. The first-order valence-corrected chi connectivity index (χ1v) is 10.7. The predicted octanol–water partition coefficient (Wildman–Crippen LogP) is 5.75. The van der Waals surface area contributed by atoms with Crippen LogP contribution in [-0.4, -0.2) is 12.0 Å². The van der Waals surface area contributed by atoms with Gasteiger partial charge in [0.15, 0.2) is 6.10 Å². The lowest BCUT2D eigenvalue weighted by molar-refractivity contribution is -0.128. The highest BCUT2D eigenvalue weighted by Gasteiger charge is 2.22. The summed E-state index contributed by atoms with van der Waals surface area (Å²) in [6, 6.07) is 20.7. The van der Waals surface area contributed by atoms with Crippen molar-refractivity contribution in [2.24, 2.45) is 0 Å². The van der Waals surface area contributed by atoms with E-state index in [2.05, 4.69) is 35.6 Å². The summed E-state index contributed by atoms with van der Waals surface area (Å²) in [7, 11) is 0. The molecule has 3 heteroatoms. The van der Waals surface area contributed by atoms with Crippen LogP contribution in [0.15, 0.2) is 60.7 Å². The molecule has 1 N–H and O–H groups in total. The van der Waals surface area contributed by atoms with E-state index < -0.39 is 6.10 Å². The van der Waals surface area contributed by atoms with Gasteiger partial charge in [-0.05, 0) is 67.2 Å². The van der Waals surface area contributed by atoms with Crippen LogP contribution in [0.1, 0.15) is 55.8 Å². The van der Waals surface area contributed by atoms with Crippen LogP contribution in [0.4, 0.5) is 0 Å². The highest BCUT2D eigenvalue weighted by Crippen LogP contribution is 2.27. The van der Waals surface area contributed by atoms with E-state index >= 15 is 0 Å². The topological polar surface area (TPSA) is 38.3 Å². The molecule has 0 unspecified atom stereocenters. The third kappa shape index (κ3) is 4.29. The molecule has 3 aromatic carbocycles. The van der Waals surface area contributed by atoms with E-state index in [1.165, 1.54) is 36.0 Å². The number of amides is 1. The molecule has 0 saturated heterocycles. The van der Waals surface area contributed by atoms with Crippen LogP contribution in [0.25, 0.3) is 10.8 Å². The van der Waals surface area contributed by atoms with Crippen LogP contribution in [0.5, 0.6) is 5.75 Å². The molecular formula is C26H29NO2. The molecule has 1 amide bonds. The van der Waals surface area contributed by atoms with Crippen molar-refractivity contribution in [3.63, 3.8) is 0 Å². The van der Waals surface area contributed by atoms with Crippen molar-refractivity contribution in [1.29, 1.82) is 0 Å². The minimum atomic E-state index is -0.513. The second kappa shape index (κ2) is 8.69. The van der Waals surface area contributed by atoms with Gasteiger partial charge in [0.1, 0.15) is 5.75 Å². The largest absolute Gasteiger partial charge is 0.480 e. The molecule has 0 radical (unpaired) electrons. The standard InChI is InChI=1S/C26H29NO2/c1-3-24(29-25-14-8-12-20-10-6-7-13-23(20)25)26(28)27-18(2)21-16-15-19-9-4-5-11-22(19)17-21/h6-8,10,12-18,24H,3-5,9,11H2,1-2H3,(H,27,28)/t18-,24-/m1/s1. The lowest BCUT2D eigenvalue weighted by Crippen LogP contribution is -2.39. The molecule has 3 nitrogen and oxygen atoms in total. The summed E-state index contributed by atoms with van der Waals surface area (Å²) in [5.41, 5.74) is 4.07. The Morgan fingerprint density at radius 2 is 1.76 bits per heavy atom. The minimum absolute atomic E-state index is 0.0418. The summed E-state index contributed by atoms with van der Waals surface area (Å²) in [4.78, 5) is 13.0. The molecule has 3 aromatic rings. The average Bonchev–Trinajstić information content (AvgIpc) is 2.77. The van der Waals surface area contributed by atoms with Crippen LogP contribution >= 0.6 is 0 Å². The number of carbonyl (C=O) groups is 1. The van der Waals surface area contributed by atoms with Gasteiger partial charge in [-0.1, -0.05) is 61.5 Å². The van der Waals surface area contributed by atoms with Gasteiger partial charge in [-0.15, -0.1) is 0 Å².